The number of nitrogens with one attached hydrogen (secondary N) is 1. The van der Waals surface area contributed by atoms with Gasteiger partial charge in [-0.25, -0.2) is 8.42 Å². The lowest BCUT2D eigenvalue weighted by atomic mass is 10.1. The quantitative estimate of drug-likeness (QED) is 0.349. The Kier molecular flexibility index (Phi) is 7.70. The topological polar surface area (TPSA) is 66.5 Å². The zero-order chi connectivity index (χ0) is 23.6. The van der Waals surface area contributed by atoms with Crippen molar-refractivity contribution in [2.24, 2.45) is 0 Å². The standard InChI is InChI=1S/C23H21Br2ClN2O3S/c1-14-4-7-20(25)22(10-14)27-32(30,31)17-6-9-21(26)18(12-17)23(29)28(3)13-16-5-8-19(24)15(2)11-16/h4-12,27H,13H2,1-3H3. The Morgan fingerprint density at radius 3 is 2.38 bits per heavy atom. The van der Waals surface area contributed by atoms with E-state index in [0.29, 0.717) is 16.7 Å². The first-order valence-electron chi connectivity index (χ1n) is 9.57. The molecule has 0 aliphatic heterocycles. The van der Waals surface area contributed by atoms with Crippen LogP contribution in [-0.2, 0) is 16.6 Å². The Bertz CT molecular complexity index is 1300. The second-order valence-corrected chi connectivity index (χ2v) is 11.3. The third-order valence-electron chi connectivity index (χ3n) is 4.83. The summed E-state index contributed by atoms with van der Waals surface area (Å²) in [6.07, 6.45) is 0. The van der Waals surface area contributed by atoms with Crippen LogP contribution < -0.4 is 4.72 Å². The molecule has 3 aromatic carbocycles. The van der Waals surface area contributed by atoms with E-state index >= 15 is 0 Å². The highest BCUT2D eigenvalue weighted by atomic mass is 79.9. The van der Waals surface area contributed by atoms with Crippen LogP contribution in [0.1, 0.15) is 27.0 Å². The number of carbonyl (C=O) groups is 1. The molecule has 0 heterocycles. The van der Waals surface area contributed by atoms with Gasteiger partial charge in [-0.2, -0.15) is 0 Å². The second-order valence-electron chi connectivity index (χ2n) is 7.48. The maximum absolute atomic E-state index is 13.1. The molecule has 0 saturated carbocycles. The van der Waals surface area contributed by atoms with Gasteiger partial charge in [0, 0.05) is 22.5 Å². The molecule has 0 radical (unpaired) electrons. The van der Waals surface area contributed by atoms with Crippen molar-refractivity contribution in [3.05, 3.63) is 90.8 Å². The number of sulfonamides is 1. The van der Waals surface area contributed by atoms with Crippen LogP contribution in [0.3, 0.4) is 0 Å². The average Bonchev–Trinajstić information content (AvgIpc) is 2.73. The lowest BCUT2D eigenvalue weighted by Crippen LogP contribution is -2.27. The zero-order valence-electron chi connectivity index (χ0n) is 17.6. The predicted octanol–water partition coefficient (Wildman–Crippen LogP) is 6.55. The van der Waals surface area contributed by atoms with E-state index in [9.17, 15) is 13.2 Å². The fourth-order valence-electron chi connectivity index (χ4n) is 3.11. The molecule has 168 valence electrons. The number of amides is 1. The molecule has 0 saturated heterocycles. The molecular weight excluding hydrogens is 580 g/mol. The highest BCUT2D eigenvalue weighted by Gasteiger charge is 2.22. The number of aryl methyl sites for hydroxylation is 2. The van der Waals surface area contributed by atoms with Crippen LogP contribution in [-0.4, -0.2) is 26.3 Å². The minimum atomic E-state index is -3.93. The monoisotopic (exact) mass is 598 g/mol. The number of hydrogen-bond acceptors (Lipinski definition) is 3. The van der Waals surface area contributed by atoms with Gasteiger partial charge in [0.2, 0.25) is 0 Å². The number of hydrogen-bond donors (Lipinski definition) is 1. The normalized spacial score (nSPS) is 11.3. The SMILES string of the molecule is Cc1ccc(Br)c(NS(=O)(=O)c2ccc(Cl)c(C(=O)N(C)Cc3ccc(Br)c(C)c3)c2)c1. The van der Waals surface area contributed by atoms with Crippen molar-refractivity contribution in [1.82, 2.24) is 4.90 Å². The number of rotatable bonds is 6. The third kappa shape index (κ3) is 5.73. The summed E-state index contributed by atoms with van der Waals surface area (Å²) < 4.78 is 30.1. The molecule has 1 amide bonds. The maximum Gasteiger partial charge on any atom is 0.261 e. The molecule has 5 nitrogen and oxygen atoms in total. The molecule has 3 aromatic rings. The van der Waals surface area contributed by atoms with Gasteiger partial charge in [-0.15, -0.1) is 0 Å². The van der Waals surface area contributed by atoms with Gasteiger partial charge in [0.25, 0.3) is 15.9 Å². The van der Waals surface area contributed by atoms with Gasteiger partial charge in [-0.05, 0) is 82.9 Å². The summed E-state index contributed by atoms with van der Waals surface area (Å²) in [5.74, 6) is -0.371. The van der Waals surface area contributed by atoms with Gasteiger partial charge in [0.1, 0.15) is 0 Å². The second kappa shape index (κ2) is 9.95. The Labute approximate surface area is 210 Å². The summed E-state index contributed by atoms with van der Waals surface area (Å²) in [7, 11) is -2.28. The molecule has 0 aromatic heterocycles. The molecule has 0 fully saturated rings. The fraction of sp³-hybridized carbons (Fsp3) is 0.174. The number of benzene rings is 3. The van der Waals surface area contributed by atoms with Crippen molar-refractivity contribution in [2.75, 3.05) is 11.8 Å². The van der Waals surface area contributed by atoms with E-state index in [1.165, 1.54) is 23.1 Å². The average molecular weight is 601 g/mol. The molecule has 32 heavy (non-hydrogen) atoms. The summed E-state index contributed by atoms with van der Waals surface area (Å²) in [5.41, 5.74) is 3.45. The van der Waals surface area contributed by atoms with E-state index in [0.717, 1.165) is 21.2 Å². The van der Waals surface area contributed by atoms with E-state index < -0.39 is 10.0 Å². The number of anilines is 1. The largest absolute Gasteiger partial charge is 0.337 e. The Hall–Kier alpha value is -1.87. The molecular formula is C23H21Br2ClN2O3S. The van der Waals surface area contributed by atoms with Crippen molar-refractivity contribution >= 4 is 65.1 Å². The van der Waals surface area contributed by atoms with Gasteiger partial charge >= 0.3 is 0 Å². The number of carbonyl (C=O) groups excluding carboxylic acids is 1. The maximum atomic E-state index is 13.1. The highest BCUT2D eigenvalue weighted by Crippen LogP contribution is 2.28. The van der Waals surface area contributed by atoms with Crippen molar-refractivity contribution in [2.45, 2.75) is 25.3 Å². The lowest BCUT2D eigenvalue weighted by Gasteiger charge is -2.19. The Balaban J connectivity index is 1.87. The first kappa shape index (κ1) is 24.8. The van der Waals surface area contributed by atoms with Crippen molar-refractivity contribution in [3.63, 3.8) is 0 Å². The van der Waals surface area contributed by atoms with Gasteiger partial charge in [-0.1, -0.05) is 45.7 Å². The summed E-state index contributed by atoms with van der Waals surface area (Å²) >= 11 is 13.1. The molecule has 1 N–H and O–H groups in total. The van der Waals surface area contributed by atoms with E-state index in [1.54, 1.807) is 19.2 Å². The molecule has 0 atom stereocenters. The van der Waals surface area contributed by atoms with E-state index in [2.05, 4.69) is 36.6 Å². The van der Waals surface area contributed by atoms with Gasteiger partial charge < -0.3 is 4.90 Å². The number of halogens is 3. The zero-order valence-corrected chi connectivity index (χ0v) is 22.4. The fourth-order valence-corrected chi connectivity index (χ4v) is 5.13. The smallest absolute Gasteiger partial charge is 0.261 e. The molecule has 0 aliphatic rings. The molecule has 0 aliphatic carbocycles. The van der Waals surface area contributed by atoms with E-state index in [-0.39, 0.29) is 21.4 Å². The van der Waals surface area contributed by atoms with Crippen LogP contribution >= 0.6 is 43.5 Å². The van der Waals surface area contributed by atoms with Gasteiger partial charge in [-0.3, -0.25) is 9.52 Å². The minimum absolute atomic E-state index is 0.0495. The predicted molar refractivity (Wildman–Crippen MR) is 136 cm³/mol. The number of nitrogens with zero attached hydrogens (tertiary/aromatic N) is 1. The lowest BCUT2D eigenvalue weighted by molar-refractivity contribution is 0.0785. The Morgan fingerprint density at radius 2 is 1.69 bits per heavy atom. The third-order valence-corrected chi connectivity index (χ3v) is 8.11. The van der Waals surface area contributed by atoms with Gasteiger partial charge in [0.05, 0.1) is 21.2 Å². The Morgan fingerprint density at radius 1 is 1.00 bits per heavy atom. The van der Waals surface area contributed by atoms with Crippen LogP contribution in [0.25, 0.3) is 0 Å². The molecule has 3 rings (SSSR count). The van der Waals surface area contributed by atoms with Crippen LogP contribution in [0.5, 0.6) is 0 Å². The summed E-state index contributed by atoms with van der Waals surface area (Å²) in [6, 6.07) is 15.3. The van der Waals surface area contributed by atoms with E-state index in [4.69, 9.17) is 11.6 Å². The van der Waals surface area contributed by atoms with Crippen LogP contribution in [0, 0.1) is 13.8 Å². The van der Waals surface area contributed by atoms with Crippen molar-refractivity contribution in [3.8, 4) is 0 Å². The molecule has 0 unspecified atom stereocenters. The van der Waals surface area contributed by atoms with Crippen LogP contribution in [0.15, 0.2) is 68.4 Å². The van der Waals surface area contributed by atoms with Crippen LogP contribution in [0.4, 0.5) is 5.69 Å². The first-order chi connectivity index (χ1) is 15.0. The molecule has 9 heteroatoms. The van der Waals surface area contributed by atoms with Crippen LogP contribution in [0.2, 0.25) is 5.02 Å². The van der Waals surface area contributed by atoms with Crippen molar-refractivity contribution < 1.29 is 13.2 Å². The highest BCUT2D eigenvalue weighted by molar-refractivity contribution is 9.11. The van der Waals surface area contributed by atoms with Crippen molar-refractivity contribution in [1.29, 1.82) is 0 Å². The van der Waals surface area contributed by atoms with Gasteiger partial charge in [0.15, 0.2) is 0 Å². The van der Waals surface area contributed by atoms with E-state index in [1.807, 2.05) is 38.1 Å². The summed E-state index contributed by atoms with van der Waals surface area (Å²) in [6.45, 7) is 4.20. The minimum Gasteiger partial charge on any atom is -0.337 e. The molecule has 0 spiro atoms. The summed E-state index contributed by atoms with van der Waals surface area (Å²) in [5, 5.41) is 0.185. The first-order valence-corrected chi connectivity index (χ1v) is 13.0. The summed E-state index contributed by atoms with van der Waals surface area (Å²) in [4.78, 5) is 14.5. The molecule has 0 bridgehead atoms.